The Hall–Kier alpha value is -1.37. The minimum absolute atomic E-state index is 0. The van der Waals surface area contributed by atoms with Crippen molar-refractivity contribution < 1.29 is 18.7 Å². The molecule has 1 aromatic carbocycles. The zero-order valence-corrected chi connectivity index (χ0v) is 12.7. The summed E-state index contributed by atoms with van der Waals surface area (Å²) < 4.78 is 23.9. The van der Waals surface area contributed by atoms with E-state index in [1.165, 1.54) is 18.2 Å². The Balaban J connectivity index is 0.00000220. The van der Waals surface area contributed by atoms with Crippen molar-refractivity contribution in [1.82, 2.24) is 5.32 Å². The summed E-state index contributed by atoms with van der Waals surface area (Å²) in [6, 6.07) is 4.05. The predicted octanol–water partition coefficient (Wildman–Crippen LogP) is 1.96. The van der Waals surface area contributed by atoms with Gasteiger partial charge in [-0.05, 0) is 19.1 Å². The monoisotopic (exact) mass is 318 g/mol. The number of halogens is 2. The molecule has 118 valence electrons. The van der Waals surface area contributed by atoms with Crippen LogP contribution in [-0.2, 0) is 9.53 Å². The normalized spacial score (nSPS) is 17.7. The Morgan fingerprint density at radius 2 is 2.38 bits per heavy atom. The van der Waals surface area contributed by atoms with Crippen molar-refractivity contribution in [3.63, 3.8) is 0 Å². The largest absolute Gasteiger partial charge is 0.492 e. The van der Waals surface area contributed by atoms with Gasteiger partial charge in [0.1, 0.15) is 11.6 Å². The Labute approximate surface area is 129 Å². The second-order valence-corrected chi connectivity index (χ2v) is 4.52. The van der Waals surface area contributed by atoms with Gasteiger partial charge in [-0.25, -0.2) is 4.39 Å². The molecule has 1 aliphatic heterocycles. The van der Waals surface area contributed by atoms with Gasteiger partial charge in [-0.2, -0.15) is 0 Å². The maximum atomic E-state index is 13.2. The summed E-state index contributed by atoms with van der Waals surface area (Å²) in [4.78, 5) is 12.0. The molecule has 0 spiro atoms. The van der Waals surface area contributed by atoms with Crippen LogP contribution in [0.25, 0.3) is 0 Å². The van der Waals surface area contributed by atoms with E-state index in [2.05, 4.69) is 10.6 Å². The SMILES string of the molecule is CCOc1cc(F)ccc1NC(=O)CC1CNCCO1.Cl. The van der Waals surface area contributed by atoms with Gasteiger partial charge in [0.15, 0.2) is 0 Å². The van der Waals surface area contributed by atoms with E-state index in [0.29, 0.717) is 31.2 Å². The van der Waals surface area contributed by atoms with E-state index < -0.39 is 5.82 Å². The molecule has 1 heterocycles. The van der Waals surface area contributed by atoms with Gasteiger partial charge in [0.05, 0.1) is 31.4 Å². The smallest absolute Gasteiger partial charge is 0.227 e. The third kappa shape index (κ3) is 5.49. The fourth-order valence-electron chi connectivity index (χ4n) is 2.03. The van der Waals surface area contributed by atoms with Crippen molar-refractivity contribution in [3.8, 4) is 5.75 Å². The molecule has 0 aliphatic carbocycles. The number of carbonyl (C=O) groups is 1. The molecule has 7 heteroatoms. The molecule has 21 heavy (non-hydrogen) atoms. The highest BCUT2D eigenvalue weighted by Crippen LogP contribution is 2.25. The summed E-state index contributed by atoms with van der Waals surface area (Å²) in [5.74, 6) is -0.235. The van der Waals surface area contributed by atoms with Gasteiger partial charge in [0, 0.05) is 19.2 Å². The summed E-state index contributed by atoms with van der Waals surface area (Å²) in [7, 11) is 0. The number of rotatable bonds is 5. The molecule has 1 aromatic rings. The van der Waals surface area contributed by atoms with E-state index >= 15 is 0 Å². The molecule has 5 nitrogen and oxygen atoms in total. The minimum Gasteiger partial charge on any atom is -0.492 e. The Bertz CT molecular complexity index is 468. The lowest BCUT2D eigenvalue weighted by Gasteiger charge is -2.23. The number of benzene rings is 1. The quantitative estimate of drug-likeness (QED) is 0.871. The number of hydrogen-bond donors (Lipinski definition) is 2. The lowest BCUT2D eigenvalue weighted by molar-refractivity contribution is -0.119. The van der Waals surface area contributed by atoms with Crippen molar-refractivity contribution in [3.05, 3.63) is 24.0 Å². The maximum absolute atomic E-state index is 13.2. The molecule has 0 saturated carbocycles. The molecule has 2 N–H and O–H groups in total. The van der Waals surface area contributed by atoms with Crippen LogP contribution in [0.15, 0.2) is 18.2 Å². The second-order valence-electron chi connectivity index (χ2n) is 4.52. The van der Waals surface area contributed by atoms with Crippen LogP contribution in [0, 0.1) is 5.82 Å². The van der Waals surface area contributed by atoms with Crippen LogP contribution >= 0.6 is 12.4 Å². The summed E-state index contributed by atoms with van der Waals surface area (Å²) >= 11 is 0. The third-order valence-corrected chi connectivity index (χ3v) is 2.94. The van der Waals surface area contributed by atoms with E-state index in [-0.39, 0.29) is 30.8 Å². The highest BCUT2D eigenvalue weighted by molar-refractivity contribution is 5.92. The number of ether oxygens (including phenoxy) is 2. The molecule has 0 radical (unpaired) electrons. The zero-order chi connectivity index (χ0) is 14.4. The average Bonchev–Trinajstić information content (AvgIpc) is 2.43. The molecule has 1 atom stereocenters. The summed E-state index contributed by atoms with van der Waals surface area (Å²) in [5.41, 5.74) is 0.474. The topological polar surface area (TPSA) is 59.6 Å². The number of morpholine rings is 1. The van der Waals surface area contributed by atoms with Crippen LogP contribution in [0.5, 0.6) is 5.75 Å². The van der Waals surface area contributed by atoms with Gasteiger partial charge in [-0.15, -0.1) is 12.4 Å². The summed E-state index contributed by atoms with van der Waals surface area (Å²) in [6.07, 6.45) is 0.135. The van der Waals surface area contributed by atoms with Gasteiger partial charge >= 0.3 is 0 Å². The molecule has 1 aliphatic rings. The Kier molecular flexibility index (Phi) is 7.42. The minimum atomic E-state index is -0.397. The van der Waals surface area contributed by atoms with Crippen LogP contribution in [0.2, 0.25) is 0 Å². The van der Waals surface area contributed by atoms with E-state index in [4.69, 9.17) is 9.47 Å². The first kappa shape index (κ1) is 17.7. The average molecular weight is 319 g/mol. The van der Waals surface area contributed by atoms with Gasteiger partial charge in [0.25, 0.3) is 0 Å². The third-order valence-electron chi connectivity index (χ3n) is 2.94. The maximum Gasteiger partial charge on any atom is 0.227 e. The van der Waals surface area contributed by atoms with Gasteiger partial charge in [0.2, 0.25) is 5.91 Å². The first-order chi connectivity index (χ1) is 9.69. The summed E-state index contributed by atoms with van der Waals surface area (Å²) in [6.45, 7) is 4.29. The molecule has 0 bridgehead atoms. The molecular weight excluding hydrogens is 299 g/mol. The van der Waals surface area contributed by atoms with Crippen molar-refractivity contribution >= 4 is 24.0 Å². The number of nitrogens with one attached hydrogen (secondary N) is 2. The number of carbonyl (C=O) groups excluding carboxylic acids is 1. The first-order valence-corrected chi connectivity index (χ1v) is 6.73. The van der Waals surface area contributed by atoms with E-state index in [1.807, 2.05) is 0 Å². The van der Waals surface area contributed by atoms with Crippen LogP contribution in [-0.4, -0.2) is 38.3 Å². The lowest BCUT2D eigenvalue weighted by Crippen LogP contribution is -2.40. The van der Waals surface area contributed by atoms with E-state index in [9.17, 15) is 9.18 Å². The fraction of sp³-hybridized carbons (Fsp3) is 0.500. The standard InChI is InChI=1S/C14H19FN2O3.ClH/c1-2-19-13-7-10(15)3-4-12(13)17-14(18)8-11-9-16-5-6-20-11;/h3-4,7,11,16H,2,5-6,8-9H2,1H3,(H,17,18);1H. The lowest BCUT2D eigenvalue weighted by atomic mass is 10.2. The predicted molar refractivity (Wildman–Crippen MR) is 80.7 cm³/mol. The Morgan fingerprint density at radius 3 is 3.05 bits per heavy atom. The molecule has 0 aromatic heterocycles. The van der Waals surface area contributed by atoms with Crippen LogP contribution in [0.1, 0.15) is 13.3 Å². The van der Waals surface area contributed by atoms with Gasteiger partial charge in [-0.3, -0.25) is 4.79 Å². The van der Waals surface area contributed by atoms with Gasteiger partial charge in [-0.1, -0.05) is 0 Å². The molecule has 1 unspecified atom stereocenters. The number of hydrogen-bond acceptors (Lipinski definition) is 4. The van der Waals surface area contributed by atoms with Crippen molar-refractivity contribution in [2.75, 3.05) is 31.6 Å². The van der Waals surface area contributed by atoms with Crippen molar-refractivity contribution in [2.24, 2.45) is 0 Å². The molecule has 1 fully saturated rings. The molecule has 1 saturated heterocycles. The highest BCUT2D eigenvalue weighted by atomic mass is 35.5. The van der Waals surface area contributed by atoms with E-state index in [0.717, 1.165) is 6.54 Å². The molecular formula is C14H20ClFN2O3. The van der Waals surface area contributed by atoms with Crippen LogP contribution in [0.4, 0.5) is 10.1 Å². The van der Waals surface area contributed by atoms with Gasteiger partial charge < -0.3 is 20.1 Å². The zero-order valence-electron chi connectivity index (χ0n) is 11.9. The number of amides is 1. The molecule has 1 amide bonds. The van der Waals surface area contributed by atoms with Crippen LogP contribution < -0.4 is 15.4 Å². The highest BCUT2D eigenvalue weighted by Gasteiger charge is 2.18. The second kappa shape index (κ2) is 8.81. The van der Waals surface area contributed by atoms with Crippen molar-refractivity contribution in [1.29, 1.82) is 0 Å². The van der Waals surface area contributed by atoms with E-state index in [1.54, 1.807) is 6.92 Å². The molecule has 2 rings (SSSR count). The summed E-state index contributed by atoms with van der Waals surface area (Å²) in [5, 5.41) is 5.90. The Morgan fingerprint density at radius 1 is 1.57 bits per heavy atom. The van der Waals surface area contributed by atoms with Crippen molar-refractivity contribution in [2.45, 2.75) is 19.4 Å². The first-order valence-electron chi connectivity index (χ1n) is 6.73. The van der Waals surface area contributed by atoms with Crippen LogP contribution in [0.3, 0.4) is 0 Å². The fourth-order valence-corrected chi connectivity index (χ4v) is 2.03. The number of anilines is 1.